The van der Waals surface area contributed by atoms with Crippen molar-refractivity contribution in [3.8, 4) is 0 Å². The van der Waals surface area contributed by atoms with Crippen LogP contribution in [0.2, 0.25) is 0 Å². The summed E-state index contributed by atoms with van der Waals surface area (Å²) in [6.07, 6.45) is 4.14. The molecule has 0 aliphatic carbocycles. The Morgan fingerprint density at radius 3 is 3.04 bits per heavy atom. The summed E-state index contributed by atoms with van der Waals surface area (Å²) in [5, 5.41) is 14.9. The Hall–Kier alpha value is -2.32. The van der Waals surface area contributed by atoms with Crippen molar-refractivity contribution in [1.82, 2.24) is 25.3 Å². The first-order valence-corrected chi connectivity index (χ1v) is 8.79. The number of thiazole rings is 1. The third-order valence-electron chi connectivity index (χ3n) is 4.36. The molecule has 8 heteroatoms. The molecule has 0 radical (unpaired) electrons. The Balaban J connectivity index is 1.49. The van der Waals surface area contributed by atoms with Crippen molar-refractivity contribution >= 4 is 33.4 Å². The van der Waals surface area contributed by atoms with Crippen molar-refractivity contribution in [3.05, 3.63) is 34.8 Å². The summed E-state index contributed by atoms with van der Waals surface area (Å²) >= 11 is 1.57. The molecule has 0 unspecified atom stereocenters. The Bertz CT molecular complexity index is 880. The van der Waals surface area contributed by atoms with Gasteiger partial charge in [0.25, 0.3) is 5.91 Å². The number of amides is 1. The zero-order chi connectivity index (χ0) is 16.5. The van der Waals surface area contributed by atoms with E-state index in [1.807, 2.05) is 19.3 Å². The highest BCUT2D eigenvalue weighted by Gasteiger charge is 2.18. The smallest absolute Gasteiger partial charge is 0.257 e. The summed E-state index contributed by atoms with van der Waals surface area (Å²) < 4.78 is 1.68. The average molecular weight is 342 g/mol. The van der Waals surface area contributed by atoms with Gasteiger partial charge in [-0.05, 0) is 50.0 Å². The number of carbonyl (C=O) groups excluding carboxylic acids is 1. The van der Waals surface area contributed by atoms with Gasteiger partial charge in [-0.25, -0.2) is 9.67 Å². The van der Waals surface area contributed by atoms with E-state index in [0.29, 0.717) is 22.1 Å². The maximum atomic E-state index is 12.4. The molecule has 2 aromatic heterocycles. The SMILES string of the molecule is Cn1nnc2cc(C(=O)Nc3ncc(C4CCNCC4)s3)ccc21. The molecule has 1 amide bonds. The molecule has 1 aliphatic heterocycles. The average Bonchev–Trinajstić information content (AvgIpc) is 3.22. The Kier molecular flexibility index (Phi) is 3.99. The molecule has 1 aromatic carbocycles. The van der Waals surface area contributed by atoms with Crippen molar-refractivity contribution in [2.24, 2.45) is 7.05 Å². The van der Waals surface area contributed by atoms with Gasteiger partial charge in [-0.3, -0.25) is 10.1 Å². The molecule has 0 saturated carbocycles. The number of nitrogens with zero attached hydrogens (tertiary/aromatic N) is 4. The molecule has 7 nitrogen and oxygen atoms in total. The summed E-state index contributed by atoms with van der Waals surface area (Å²) in [7, 11) is 1.83. The lowest BCUT2D eigenvalue weighted by Crippen LogP contribution is -2.26. The highest BCUT2D eigenvalue weighted by Crippen LogP contribution is 2.31. The molecule has 124 valence electrons. The van der Waals surface area contributed by atoms with Crippen LogP contribution < -0.4 is 10.6 Å². The van der Waals surface area contributed by atoms with Crippen LogP contribution in [0.5, 0.6) is 0 Å². The molecule has 1 saturated heterocycles. The van der Waals surface area contributed by atoms with Gasteiger partial charge in [0, 0.05) is 23.7 Å². The molecule has 24 heavy (non-hydrogen) atoms. The number of aromatic nitrogens is 4. The monoisotopic (exact) mass is 342 g/mol. The van der Waals surface area contributed by atoms with E-state index in [2.05, 4.69) is 25.9 Å². The minimum Gasteiger partial charge on any atom is -0.317 e. The van der Waals surface area contributed by atoms with E-state index in [4.69, 9.17) is 0 Å². The third kappa shape index (κ3) is 2.90. The standard InChI is InChI=1S/C16H18N6OS/c1-22-13-3-2-11(8-12(13)20-21-22)15(23)19-16-18-9-14(24-16)10-4-6-17-7-5-10/h2-3,8-10,17H,4-7H2,1H3,(H,18,19,23). The number of hydrogen-bond donors (Lipinski definition) is 2. The maximum Gasteiger partial charge on any atom is 0.257 e. The summed E-state index contributed by atoms with van der Waals surface area (Å²) in [5.74, 6) is 0.374. The summed E-state index contributed by atoms with van der Waals surface area (Å²) in [6.45, 7) is 2.09. The fourth-order valence-electron chi connectivity index (χ4n) is 2.99. The molecular formula is C16H18N6OS. The zero-order valence-corrected chi connectivity index (χ0v) is 14.1. The van der Waals surface area contributed by atoms with E-state index < -0.39 is 0 Å². The molecule has 1 fully saturated rings. The van der Waals surface area contributed by atoms with Crippen LogP contribution >= 0.6 is 11.3 Å². The topological polar surface area (TPSA) is 84.7 Å². The number of nitrogens with one attached hydrogen (secondary N) is 2. The van der Waals surface area contributed by atoms with Crippen molar-refractivity contribution in [2.45, 2.75) is 18.8 Å². The number of anilines is 1. The van der Waals surface area contributed by atoms with Crippen LogP contribution in [0.4, 0.5) is 5.13 Å². The van der Waals surface area contributed by atoms with Crippen LogP contribution in [0.1, 0.15) is 34.0 Å². The van der Waals surface area contributed by atoms with Gasteiger partial charge in [0.15, 0.2) is 5.13 Å². The number of piperidine rings is 1. The molecule has 2 N–H and O–H groups in total. The van der Waals surface area contributed by atoms with Crippen molar-refractivity contribution < 1.29 is 4.79 Å². The minimum atomic E-state index is -0.172. The second-order valence-corrected chi connectivity index (χ2v) is 7.02. The van der Waals surface area contributed by atoms with E-state index in [1.54, 1.807) is 28.2 Å². The molecule has 0 bridgehead atoms. The number of rotatable bonds is 3. The van der Waals surface area contributed by atoms with Crippen LogP contribution in [0.15, 0.2) is 24.4 Å². The van der Waals surface area contributed by atoms with Gasteiger partial charge in [-0.1, -0.05) is 5.21 Å². The van der Waals surface area contributed by atoms with E-state index in [0.717, 1.165) is 31.4 Å². The van der Waals surface area contributed by atoms with Crippen molar-refractivity contribution in [2.75, 3.05) is 18.4 Å². The summed E-state index contributed by atoms with van der Waals surface area (Å²) in [5.41, 5.74) is 2.16. The normalized spacial score (nSPS) is 15.7. The van der Waals surface area contributed by atoms with Crippen LogP contribution in [-0.4, -0.2) is 39.0 Å². The van der Waals surface area contributed by atoms with Gasteiger partial charge < -0.3 is 5.32 Å². The summed E-state index contributed by atoms with van der Waals surface area (Å²) in [6, 6.07) is 5.38. The number of carbonyl (C=O) groups is 1. The highest BCUT2D eigenvalue weighted by molar-refractivity contribution is 7.15. The number of fused-ring (bicyclic) bond motifs is 1. The quantitative estimate of drug-likeness (QED) is 0.762. The Morgan fingerprint density at radius 1 is 1.38 bits per heavy atom. The molecule has 4 rings (SSSR count). The molecule has 0 spiro atoms. The van der Waals surface area contributed by atoms with Crippen LogP contribution in [0, 0.1) is 0 Å². The number of aryl methyl sites for hydroxylation is 1. The molecule has 1 aliphatic rings. The predicted molar refractivity (Wildman–Crippen MR) is 93.4 cm³/mol. The molecule has 0 atom stereocenters. The zero-order valence-electron chi connectivity index (χ0n) is 13.3. The van der Waals surface area contributed by atoms with E-state index in [-0.39, 0.29) is 5.91 Å². The lowest BCUT2D eigenvalue weighted by Gasteiger charge is -2.20. The van der Waals surface area contributed by atoms with E-state index in [9.17, 15) is 4.79 Å². The van der Waals surface area contributed by atoms with Gasteiger partial charge in [-0.15, -0.1) is 16.4 Å². The largest absolute Gasteiger partial charge is 0.317 e. The lowest BCUT2D eigenvalue weighted by molar-refractivity contribution is 0.102. The predicted octanol–water partition coefficient (Wildman–Crippen LogP) is 2.14. The van der Waals surface area contributed by atoms with Gasteiger partial charge >= 0.3 is 0 Å². The fourth-order valence-corrected chi connectivity index (χ4v) is 3.97. The second-order valence-electron chi connectivity index (χ2n) is 5.96. The van der Waals surface area contributed by atoms with Gasteiger partial charge in [-0.2, -0.15) is 0 Å². The first-order chi connectivity index (χ1) is 11.7. The summed E-state index contributed by atoms with van der Waals surface area (Å²) in [4.78, 5) is 18.0. The minimum absolute atomic E-state index is 0.172. The molecule has 3 aromatic rings. The van der Waals surface area contributed by atoms with E-state index >= 15 is 0 Å². The maximum absolute atomic E-state index is 12.4. The number of hydrogen-bond acceptors (Lipinski definition) is 6. The fraction of sp³-hybridized carbons (Fsp3) is 0.375. The lowest BCUT2D eigenvalue weighted by atomic mass is 9.97. The Morgan fingerprint density at radius 2 is 2.21 bits per heavy atom. The van der Waals surface area contributed by atoms with Crippen molar-refractivity contribution in [3.63, 3.8) is 0 Å². The first-order valence-electron chi connectivity index (χ1n) is 7.98. The first kappa shape index (κ1) is 15.2. The third-order valence-corrected chi connectivity index (χ3v) is 5.43. The number of benzene rings is 1. The highest BCUT2D eigenvalue weighted by atomic mass is 32.1. The van der Waals surface area contributed by atoms with Gasteiger partial charge in [0.2, 0.25) is 0 Å². The van der Waals surface area contributed by atoms with Gasteiger partial charge in [0.1, 0.15) is 5.52 Å². The molecular weight excluding hydrogens is 324 g/mol. The Labute approximate surface area is 143 Å². The second kappa shape index (κ2) is 6.29. The van der Waals surface area contributed by atoms with E-state index in [1.165, 1.54) is 4.88 Å². The van der Waals surface area contributed by atoms with Crippen LogP contribution in [0.25, 0.3) is 11.0 Å². The van der Waals surface area contributed by atoms with Crippen molar-refractivity contribution in [1.29, 1.82) is 0 Å². The van der Waals surface area contributed by atoms with Crippen LogP contribution in [-0.2, 0) is 7.05 Å². The van der Waals surface area contributed by atoms with Crippen LogP contribution in [0.3, 0.4) is 0 Å². The molecule has 3 heterocycles. The van der Waals surface area contributed by atoms with Gasteiger partial charge in [0.05, 0.1) is 5.52 Å².